The third kappa shape index (κ3) is 4.91. The molecule has 1 aliphatic rings. The van der Waals surface area contributed by atoms with Gasteiger partial charge >= 0.3 is 0 Å². The van der Waals surface area contributed by atoms with Crippen molar-refractivity contribution in [2.24, 2.45) is 0 Å². The number of nitrogens with zero attached hydrogens (tertiary/aromatic N) is 1. The quantitative estimate of drug-likeness (QED) is 0.710. The Morgan fingerprint density at radius 1 is 1.48 bits per heavy atom. The number of nitrogens with two attached hydrogens (primary N) is 1. The first kappa shape index (κ1) is 15.6. The molecule has 2 rings (SSSR count). The van der Waals surface area contributed by atoms with E-state index in [-0.39, 0.29) is 11.8 Å². The van der Waals surface area contributed by atoms with Gasteiger partial charge in [0.1, 0.15) is 0 Å². The van der Waals surface area contributed by atoms with Crippen molar-refractivity contribution in [3.8, 4) is 0 Å². The molecule has 1 fully saturated rings. The minimum absolute atomic E-state index is 0.0413. The minimum atomic E-state index is -0.0921. The van der Waals surface area contributed by atoms with Crippen molar-refractivity contribution in [2.45, 2.75) is 12.8 Å². The number of anilines is 2. The molecule has 1 aromatic carbocycles. The summed E-state index contributed by atoms with van der Waals surface area (Å²) >= 11 is 5.80. The molecule has 0 aromatic heterocycles. The zero-order valence-electron chi connectivity index (χ0n) is 11.7. The summed E-state index contributed by atoms with van der Waals surface area (Å²) in [5, 5.41) is 6.07. The van der Waals surface area contributed by atoms with Crippen LogP contribution in [0.3, 0.4) is 0 Å². The summed E-state index contributed by atoms with van der Waals surface area (Å²) in [6, 6.07) is 4.97. The van der Waals surface area contributed by atoms with Crippen LogP contribution in [0.25, 0.3) is 0 Å². The standard InChI is InChI=1S/C14H19ClN4O2/c15-10-3-4-12(11(16)8-10)18-13(20)2-1-6-19-7-5-17-14(21)9-19/h3-4,8H,1-2,5-7,9,16H2,(H,17,21)(H,18,20). The first-order valence-electron chi connectivity index (χ1n) is 6.88. The topological polar surface area (TPSA) is 87.5 Å². The van der Waals surface area contributed by atoms with Crippen LogP contribution >= 0.6 is 11.6 Å². The van der Waals surface area contributed by atoms with Gasteiger partial charge in [0, 0.05) is 24.5 Å². The highest BCUT2D eigenvalue weighted by molar-refractivity contribution is 6.31. The van der Waals surface area contributed by atoms with E-state index in [1.165, 1.54) is 0 Å². The third-order valence-electron chi connectivity index (χ3n) is 3.28. The van der Waals surface area contributed by atoms with Gasteiger partial charge in [0.25, 0.3) is 0 Å². The second-order valence-corrected chi connectivity index (χ2v) is 5.45. The molecular weight excluding hydrogens is 292 g/mol. The number of nitrogens with one attached hydrogen (secondary N) is 2. The van der Waals surface area contributed by atoms with Crippen molar-refractivity contribution in [3.05, 3.63) is 23.2 Å². The highest BCUT2D eigenvalue weighted by Gasteiger charge is 2.15. The Labute approximate surface area is 128 Å². The predicted octanol–water partition coefficient (Wildman–Crippen LogP) is 1.07. The molecule has 0 saturated carbocycles. The SMILES string of the molecule is Nc1cc(Cl)ccc1NC(=O)CCCN1CCNC(=O)C1. The Balaban J connectivity index is 1.73. The van der Waals surface area contributed by atoms with Crippen LogP contribution < -0.4 is 16.4 Å². The van der Waals surface area contributed by atoms with Crippen molar-refractivity contribution in [1.82, 2.24) is 10.2 Å². The van der Waals surface area contributed by atoms with Crippen LogP contribution in [-0.2, 0) is 9.59 Å². The van der Waals surface area contributed by atoms with E-state index in [1.807, 2.05) is 4.90 Å². The monoisotopic (exact) mass is 310 g/mol. The lowest BCUT2D eigenvalue weighted by Gasteiger charge is -2.26. The number of rotatable bonds is 5. The summed E-state index contributed by atoms with van der Waals surface area (Å²) in [6.45, 7) is 2.65. The smallest absolute Gasteiger partial charge is 0.234 e. The highest BCUT2D eigenvalue weighted by atomic mass is 35.5. The Kier molecular flexibility index (Phi) is 5.41. The Morgan fingerprint density at radius 2 is 2.29 bits per heavy atom. The summed E-state index contributed by atoms with van der Waals surface area (Å²) in [6.07, 6.45) is 1.09. The second-order valence-electron chi connectivity index (χ2n) is 5.01. The molecular formula is C14H19ClN4O2. The van der Waals surface area contributed by atoms with Crippen molar-refractivity contribution < 1.29 is 9.59 Å². The molecule has 0 aliphatic carbocycles. The fourth-order valence-corrected chi connectivity index (χ4v) is 2.39. The zero-order valence-corrected chi connectivity index (χ0v) is 12.4. The van der Waals surface area contributed by atoms with Gasteiger partial charge in [0.05, 0.1) is 17.9 Å². The van der Waals surface area contributed by atoms with Crippen LogP contribution in [0.4, 0.5) is 11.4 Å². The van der Waals surface area contributed by atoms with Crippen molar-refractivity contribution in [2.75, 3.05) is 37.2 Å². The van der Waals surface area contributed by atoms with Crippen LogP contribution in [0.5, 0.6) is 0 Å². The number of hydrogen-bond acceptors (Lipinski definition) is 4. The van der Waals surface area contributed by atoms with Crippen LogP contribution in [0.1, 0.15) is 12.8 Å². The fourth-order valence-electron chi connectivity index (χ4n) is 2.21. The van der Waals surface area contributed by atoms with E-state index in [1.54, 1.807) is 18.2 Å². The van der Waals surface area contributed by atoms with Gasteiger partial charge in [-0.05, 0) is 31.2 Å². The van der Waals surface area contributed by atoms with Crippen molar-refractivity contribution in [1.29, 1.82) is 0 Å². The molecule has 7 heteroatoms. The van der Waals surface area contributed by atoms with Gasteiger partial charge in [-0.3, -0.25) is 14.5 Å². The number of benzene rings is 1. The molecule has 21 heavy (non-hydrogen) atoms. The summed E-state index contributed by atoms with van der Waals surface area (Å²) in [5.74, 6) is -0.0508. The van der Waals surface area contributed by atoms with Crippen molar-refractivity contribution >= 4 is 34.8 Å². The van der Waals surface area contributed by atoms with Gasteiger partial charge < -0.3 is 16.4 Å². The van der Waals surface area contributed by atoms with E-state index in [2.05, 4.69) is 10.6 Å². The molecule has 1 aliphatic heterocycles. The molecule has 0 radical (unpaired) electrons. The Bertz CT molecular complexity index is 536. The van der Waals surface area contributed by atoms with E-state index < -0.39 is 0 Å². The third-order valence-corrected chi connectivity index (χ3v) is 3.52. The molecule has 114 valence electrons. The van der Waals surface area contributed by atoms with E-state index in [9.17, 15) is 9.59 Å². The number of piperazine rings is 1. The maximum Gasteiger partial charge on any atom is 0.234 e. The summed E-state index contributed by atoms with van der Waals surface area (Å²) in [4.78, 5) is 25.1. The van der Waals surface area contributed by atoms with Gasteiger partial charge in [-0.25, -0.2) is 0 Å². The average Bonchev–Trinajstić information content (AvgIpc) is 2.42. The number of carbonyl (C=O) groups excluding carboxylic acids is 2. The molecule has 2 amide bonds. The van der Waals surface area contributed by atoms with E-state index >= 15 is 0 Å². The lowest BCUT2D eigenvalue weighted by Crippen LogP contribution is -2.47. The number of carbonyl (C=O) groups is 2. The molecule has 1 heterocycles. The molecule has 0 unspecified atom stereocenters. The molecule has 0 spiro atoms. The summed E-state index contributed by atoms with van der Waals surface area (Å²) < 4.78 is 0. The molecule has 6 nitrogen and oxygen atoms in total. The maximum atomic E-state index is 11.9. The maximum absolute atomic E-state index is 11.9. The average molecular weight is 311 g/mol. The van der Waals surface area contributed by atoms with Gasteiger partial charge in [-0.1, -0.05) is 11.6 Å². The van der Waals surface area contributed by atoms with Crippen molar-refractivity contribution in [3.63, 3.8) is 0 Å². The normalized spacial score (nSPS) is 15.6. The van der Waals surface area contributed by atoms with Crippen LogP contribution in [0.15, 0.2) is 18.2 Å². The lowest BCUT2D eigenvalue weighted by molar-refractivity contribution is -0.124. The lowest BCUT2D eigenvalue weighted by atomic mass is 10.2. The first-order valence-corrected chi connectivity index (χ1v) is 7.26. The molecule has 1 saturated heterocycles. The minimum Gasteiger partial charge on any atom is -0.397 e. The largest absolute Gasteiger partial charge is 0.397 e. The first-order chi connectivity index (χ1) is 10.0. The van der Waals surface area contributed by atoms with E-state index in [0.29, 0.717) is 42.3 Å². The number of amides is 2. The van der Waals surface area contributed by atoms with E-state index in [0.717, 1.165) is 13.1 Å². The summed E-state index contributed by atoms with van der Waals surface area (Å²) in [7, 11) is 0. The highest BCUT2D eigenvalue weighted by Crippen LogP contribution is 2.22. The van der Waals surface area contributed by atoms with E-state index in [4.69, 9.17) is 17.3 Å². The second kappa shape index (κ2) is 7.28. The van der Waals surface area contributed by atoms with Crippen LogP contribution in [-0.4, -0.2) is 42.9 Å². The Hall–Kier alpha value is -1.79. The molecule has 0 bridgehead atoms. The molecule has 0 atom stereocenters. The van der Waals surface area contributed by atoms with Gasteiger partial charge in [0.15, 0.2) is 0 Å². The molecule has 4 N–H and O–H groups in total. The zero-order chi connectivity index (χ0) is 15.2. The molecule has 1 aromatic rings. The summed E-state index contributed by atoms with van der Waals surface area (Å²) in [5.41, 5.74) is 6.80. The van der Waals surface area contributed by atoms with Crippen LogP contribution in [0, 0.1) is 0 Å². The fraction of sp³-hybridized carbons (Fsp3) is 0.429. The van der Waals surface area contributed by atoms with Gasteiger partial charge in [0.2, 0.25) is 11.8 Å². The Morgan fingerprint density at radius 3 is 3.00 bits per heavy atom. The number of halogens is 1. The predicted molar refractivity (Wildman–Crippen MR) is 83.2 cm³/mol. The van der Waals surface area contributed by atoms with Gasteiger partial charge in [-0.2, -0.15) is 0 Å². The van der Waals surface area contributed by atoms with Gasteiger partial charge in [-0.15, -0.1) is 0 Å². The van der Waals surface area contributed by atoms with Crippen LogP contribution in [0.2, 0.25) is 5.02 Å². The number of hydrogen-bond donors (Lipinski definition) is 3. The number of nitrogen functional groups attached to an aromatic ring is 1.